The number of amides is 1. The van der Waals surface area contributed by atoms with E-state index in [-0.39, 0.29) is 5.91 Å². The van der Waals surface area contributed by atoms with Crippen molar-refractivity contribution in [2.45, 2.75) is 13.5 Å². The van der Waals surface area contributed by atoms with Gasteiger partial charge in [0.05, 0.1) is 22.8 Å². The molecular formula is C26H25N5O2. The van der Waals surface area contributed by atoms with Gasteiger partial charge in [0.15, 0.2) is 11.4 Å². The van der Waals surface area contributed by atoms with E-state index < -0.39 is 0 Å². The summed E-state index contributed by atoms with van der Waals surface area (Å²) in [5, 5.41) is 1.15. The molecule has 3 aromatic heterocycles. The summed E-state index contributed by atoms with van der Waals surface area (Å²) in [6, 6.07) is 18.1. The first-order valence-corrected chi connectivity index (χ1v) is 11.4. The summed E-state index contributed by atoms with van der Waals surface area (Å²) in [6.45, 7) is 6.92. The molecule has 33 heavy (non-hydrogen) atoms. The molecular weight excluding hydrogens is 414 g/mol. The van der Waals surface area contributed by atoms with Crippen LogP contribution in [0.4, 0.5) is 0 Å². The van der Waals surface area contributed by atoms with Crippen LogP contribution in [-0.4, -0.2) is 63.0 Å². The van der Waals surface area contributed by atoms with Gasteiger partial charge in [-0.1, -0.05) is 23.8 Å². The first kappa shape index (κ1) is 19.9. The van der Waals surface area contributed by atoms with Gasteiger partial charge in [-0.15, -0.1) is 0 Å². The Hall–Kier alpha value is -3.71. The minimum Gasteiger partial charge on any atom is -0.459 e. The molecule has 1 fully saturated rings. The molecule has 0 bridgehead atoms. The highest BCUT2D eigenvalue weighted by molar-refractivity contribution is 6.06. The molecule has 6 rings (SSSR count). The highest BCUT2D eigenvalue weighted by Gasteiger charge is 2.24. The molecule has 5 aromatic rings. The van der Waals surface area contributed by atoms with E-state index in [1.54, 1.807) is 18.4 Å². The number of fused-ring (bicyclic) bond motifs is 4. The summed E-state index contributed by atoms with van der Waals surface area (Å²) in [5.41, 5.74) is 6.10. The Morgan fingerprint density at radius 3 is 2.48 bits per heavy atom. The lowest BCUT2D eigenvalue weighted by Gasteiger charge is -2.34. The predicted molar refractivity (Wildman–Crippen MR) is 128 cm³/mol. The van der Waals surface area contributed by atoms with Crippen molar-refractivity contribution in [3.63, 3.8) is 0 Å². The summed E-state index contributed by atoms with van der Waals surface area (Å²) >= 11 is 0. The quantitative estimate of drug-likeness (QED) is 0.422. The van der Waals surface area contributed by atoms with Crippen LogP contribution < -0.4 is 0 Å². The number of furan rings is 1. The van der Waals surface area contributed by atoms with E-state index in [2.05, 4.69) is 34.6 Å². The summed E-state index contributed by atoms with van der Waals surface area (Å²) < 4.78 is 7.57. The monoisotopic (exact) mass is 439 g/mol. The van der Waals surface area contributed by atoms with Crippen molar-refractivity contribution in [2.75, 3.05) is 32.7 Å². The van der Waals surface area contributed by atoms with Crippen LogP contribution in [0.15, 0.2) is 65.3 Å². The van der Waals surface area contributed by atoms with E-state index in [1.807, 2.05) is 29.2 Å². The van der Waals surface area contributed by atoms with E-state index >= 15 is 0 Å². The standard InChI is InChI=1S/C26H25N5O2/c1-18-8-9-22-19(17-18)24-25(28-21-6-3-2-5-20(21)27-24)31(22)15-12-29-10-13-30(14-11-29)26(32)23-7-4-16-33-23/h2-9,16-17H,10-15H2,1H3. The molecule has 0 saturated carbocycles. The molecule has 4 heterocycles. The zero-order valence-electron chi connectivity index (χ0n) is 18.6. The van der Waals surface area contributed by atoms with Crippen LogP contribution in [0.5, 0.6) is 0 Å². The molecule has 1 aliphatic heterocycles. The molecule has 7 heteroatoms. The lowest BCUT2D eigenvalue weighted by Crippen LogP contribution is -2.49. The second-order valence-electron chi connectivity index (χ2n) is 8.67. The maximum Gasteiger partial charge on any atom is 0.289 e. The molecule has 1 saturated heterocycles. The largest absolute Gasteiger partial charge is 0.459 e. The number of hydrogen-bond donors (Lipinski definition) is 0. The summed E-state index contributed by atoms with van der Waals surface area (Å²) in [6.07, 6.45) is 1.54. The van der Waals surface area contributed by atoms with E-state index in [0.717, 1.165) is 59.3 Å². The third-order valence-corrected chi connectivity index (χ3v) is 6.54. The molecule has 1 aliphatic rings. The van der Waals surface area contributed by atoms with Crippen LogP contribution in [0.25, 0.3) is 33.1 Å². The first-order chi connectivity index (χ1) is 16.2. The number of piperazine rings is 1. The number of carbonyl (C=O) groups excluding carboxylic acids is 1. The average Bonchev–Trinajstić information content (AvgIpc) is 3.48. The topological polar surface area (TPSA) is 67.4 Å². The van der Waals surface area contributed by atoms with E-state index in [0.29, 0.717) is 18.8 Å². The average molecular weight is 440 g/mol. The van der Waals surface area contributed by atoms with Gasteiger partial charge < -0.3 is 13.9 Å². The van der Waals surface area contributed by atoms with Gasteiger partial charge in [0.25, 0.3) is 5.91 Å². The Morgan fingerprint density at radius 2 is 1.73 bits per heavy atom. The van der Waals surface area contributed by atoms with Crippen molar-refractivity contribution in [3.8, 4) is 0 Å². The predicted octanol–water partition coefficient (Wildman–Crippen LogP) is 4.10. The number of carbonyl (C=O) groups is 1. The number of aromatic nitrogens is 3. The van der Waals surface area contributed by atoms with E-state index in [9.17, 15) is 4.79 Å². The summed E-state index contributed by atoms with van der Waals surface area (Å²) in [4.78, 5) is 26.8. The molecule has 7 nitrogen and oxygen atoms in total. The number of hydrogen-bond acceptors (Lipinski definition) is 5. The van der Waals surface area contributed by atoms with Crippen molar-refractivity contribution >= 4 is 39.0 Å². The molecule has 0 radical (unpaired) electrons. The van der Waals surface area contributed by atoms with E-state index in [1.165, 1.54) is 5.56 Å². The minimum atomic E-state index is -0.0282. The SMILES string of the molecule is Cc1ccc2c(c1)c1nc3ccccc3nc1n2CCN1CCN(C(=O)c2ccco2)CC1. The van der Waals surface area contributed by atoms with Crippen LogP contribution in [0.3, 0.4) is 0 Å². The Kier molecular flexibility index (Phi) is 4.84. The van der Waals surface area contributed by atoms with Crippen LogP contribution in [0.1, 0.15) is 16.1 Å². The molecule has 0 aliphatic carbocycles. The Balaban J connectivity index is 1.25. The lowest BCUT2D eigenvalue weighted by atomic mass is 10.1. The van der Waals surface area contributed by atoms with Gasteiger partial charge in [-0.2, -0.15) is 0 Å². The van der Waals surface area contributed by atoms with Crippen molar-refractivity contribution in [3.05, 3.63) is 72.2 Å². The van der Waals surface area contributed by atoms with Gasteiger partial charge in [-0.05, 0) is 43.3 Å². The van der Waals surface area contributed by atoms with Gasteiger partial charge >= 0.3 is 0 Å². The van der Waals surface area contributed by atoms with Crippen molar-refractivity contribution in [1.29, 1.82) is 0 Å². The number of para-hydroxylation sites is 2. The molecule has 0 spiro atoms. The van der Waals surface area contributed by atoms with Gasteiger partial charge in [0.2, 0.25) is 0 Å². The first-order valence-electron chi connectivity index (χ1n) is 11.4. The van der Waals surface area contributed by atoms with Crippen molar-refractivity contribution in [2.24, 2.45) is 0 Å². The van der Waals surface area contributed by atoms with Crippen molar-refractivity contribution in [1.82, 2.24) is 24.3 Å². The fourth-order valence-corrected chi connectivity index (χ4v) is 4.75. The zero-order chi connectivity index (χ0) is 22.4. The zero-order valence-corrected chi connectivity index (χ0v) is 18.6. The summed E-state index contributed by atoms with van der Waals surface area (Å²) in [7, 11) is 0. The number of rotatable bonds is 4. The lowest BCUT2D eigenvalue weighted by molar-refractivity contribution is 0.0603. The third-order valence-electron chi connectivity index (χ3n) is 6.54. The Labute approximate surface area is 191 Å². The normalized spacial score (nSPS) is 15.1. The Morgan fingerprint density at radius 1 is 0.939 bits per heavy atom. The highest BCUT2D eigenvalue weighted by atomic mass is 16.3. The molecule has 0 atom stereocenters. The highest BCUT2D eigenvalue weighted by Crippen LogP contribution is 2.29. The van der Waals surface area contributed by atoms with Gasteiger partial charge in [-0.25, -0.2) is 9.97 Å². The fraction of sp³-hybridized carbons (Fsp3) is 0.269. The Bertz CT molecular complexity index is 1460. The molecule has 0 N–H and O–H groups in total. The maximum atomic E-state index is 12.5. The third kappa shape index (κ3) is 3.54. The van der Waals surface area contributed by atoms with Crippen molar-refractivity contribution < 1.29 is 9.21 Å². The molecule has 1 amide bonds. The van der Waals surface area contributed by atoms with Crippen LogP contribution in [-0.2, 0) is 6.54 Å². The summed E-state index contributed by atoms with van der Waals surface area (Å²) in [5.74, 6) is 0.384. The molecule has 0 unspecified atom stereocenters. The van der Waals surface area contributed by atoms with Gasteiger partial charge in [0.1, 0.15) is 5.52 Å². The van der Waals surface area contributed by atoms with Gasteiger partial charge in [0, 0.05) is 44.7 Å². The number of nitrogens with zero attached hydrogens (tertiary/aromatic N) is 5. The maximum absolute atomic E-state index is 12.5. The second-order valence-corrected chi connectivity index (χ2v) is 8.67. The van der Waals surface area contributed by atoms with E-state index in [4.69, 9.17) is 14.4 Å². The number of benzene rings is 2. The number of aryl methyl sites for hydroxylation is 1. The van der Waals surface area contributed by atoms with Gasteiger partial charge in [-0.3, -0.25) is 9.69 Å². The fourth-order valence-electron chi connectivity index (χ4n) is 4.75. The molecule has 2 aromatic carbocycles. The van der Waals surface area contributed by atoms with Crippen LogP contribution in [0, 0.1) is 6.92 Å². The minimum absolute atomic E-state index is 0.0282. The van der Waals surface area contributed by atoms with Crippen LogP contribution >= 0.6 is 0 Å². The second kappa shape index (κ2) is 8.01. The smallest absolute Gasteiger partial charge is 0.289 e. The van der Waals surface area contributed by atoms with Crippen LogP contribution in [0.2, 0.25) is 0 Å². The molecule has 166 valence electrons.